The fourth-order valence-corrected chi connectivity index (χ4v) is 3.99. The molecule has 0 spiro atoms. The highest BCUT2D eigenvalue weighted by molar-refractivity contribution is 5.97. The van der Waals surface area contributed by atoms with E-state index < -0.39 is 0 Å². The van der Waals surface area contributed by atoms with Gasteiger partial charge in [-0.25, -0.2) is 4.79 Å². The number of amides is 4. The summed E-state index contributed by atoms with van der Waals surface area (Å²) in [6.45, 7) is 5.62. The summed E-state index contributed by atoms with van der Waals surface area (Å²) in [5.74, 6) is 0.704. The van der Waals surface area contributed by atoms with Gasteiger partial charge in [0.2, 0.25) is 11.8 Å². The molecule has 2 saturated heterocycles. The molecule has 2 heterocycles. The molecular weight excluding hydrogens is 384 g/mol. The number of hydrogen-bond acceptors (Lipinski definition) is 4. The third-order valence-corrected chi connectivity index (χ3v) is 5.63. The smallest absolute Gasteiger partial charge is 0.321 e. The monoisotopic (exact) mass is 416 g/mol. The first-order valence-electron chi connectivity index (χ1n) is 10.7. The van der Waals surface area contributed by atoms with Crippen LogP contribution in [-0.4, -0.2) is 55.5 Å². The third-order valence-electron chi connectivity index (χ3n) is 5.63. The van der Waals surface area contributed by atoms with Gasteiger partial charge in [-0.05, 0) is 57.7 Å². The van der Waals surface area contributed by atoms with Crippen molar-refractivity contribution in [2.75, 3.05) is 37.0 Å². The van der Waals surface area contributed by atoms with E-state index in [4.69, 9.17) is 4.74 Å². The van der Waals surface area contributed by atoms with Gasteiger partial charge in [0.1, 0.15) is 5.75 Å². The number of anilines is 2. The molecule has 2 aliphatic heterocycles. The molecule has 0 unspecified atom stereocenters. The SMILES string of the molecule is COc1ccc(NC(=O)N2CCC(C(=O)NC(C)C)CC2)cc1N1CCCCC1=O. The summed E-state index contributed by atoms with van der Waals surface area (Å²) in [5, 5.41) is 5.87. The van der Waals surface area contributed by atoms with E-state index in [-0.39, 0.29) is 29.8 Å². The Hall–Kier alpha value is -2.77. The minimum absolute atomic E-state index is 0.0471. The standard InChI is InChI=1S/C22H32N4O4/c1-15(2)23-21(28)16-9-12-25(13-10-16)22(29)24-17-7-8-19(30-3)18(14-17)26-11-5-4-6-20(26)27/h7-8,14-16H,4-6,9-13H2,1-3H3,(H,23,28)(H,24,29). The van der Waals surface area contributed by atoms with Crippen LogP contribution >= 0.6 is 0 Å². The molecule has 0 aliphatic carbocycles. The Morgan fingerprint density at radius 2 is 1.87 bits per heavy atom. The first kappa shape index (κ1) is 21.9. The number of carbonyl (C=O) groups is 3. The molecular formula is C22H32N4O4. The van der Waals surface area contributed by atoms with Crippen LogP contribution in [0.4, 0.5) is 16.2 Å². The van der Waals surface area contributed by atoms with E-state index in [2.05, 4.69) is 10.6 Å². The highest BCUT2D eigenvalue weighted by Crippen LogP contribution is 2.33. The summed E-state index contributed by atoms with van der Waals surface area (Å²) < 4.78 is 5.43. The summed E-state index contributed by atoms with van der Waals surface area (Å²) >= 11 is 0. The zero-order chi connectivity index (χ0) is 21.7. The van der Waals surface area contributed by atoms with Crippen LogP contribution in [0.2, 0.25) is 0 Å². The predicted molar refractivity (Wildman–Crippen MR) is 116 cm³/mol. The van der Waals surface area contributed by atoms with Gasteiger partial charge in [0.15, 0.2) is 0 Å². The normalized spacial score (nSPS) is 17.8. The maximum Gasteiger partial charge on any atom is 0.321 e. The second kappa shape index (κ2) is 9.82. The molecule has 30 heavy (non-hydrogen) atoms. The van der Waals surface area contributed by atoms with E-state index in [1.807, 2.05) is 13.8 Å². The quantitative estimate of drug-likeness (QED) is 0.772. The molecule has 0 atom stereocenters. The Morgan fingerprint density at radius 3 is 2.50 bits per heavy atom. The third kappa shape index (κ3) is 5.23. The summed E-state index contributed by atoms with van der Waals surface area (Å²) in [6.07, 6.45) is 3.69. The fraction of sp³-hybridized carbons (Fsp3) is 0.591. The molecule has 8 nitrogen and oxygen atoms in total. The van der Waals surface area contributed by atoms with Crippen LogP contribution in [0.25, 0.3) is 0 Å². The summed E-state index contributed by atoms with van der Waals surface area (Å²) in [6, 6.07) is 5.27. The molecule has 0 saturated carbocycles. The molecule has 164 valence electrons. The van der Waals surface area contributed by atoms with Crippen molar-refractivity contribution in [1.29, 1.82) is 0 Å². The van der Waals surface area contributed by atoms with Gasteiger partial charge in [-0.15, -0.1) is 0 Å². The molecule has 4 amide bonds. The van der Waals surface area contributed by atoms with Crippen LogP contribution < -0.4 is 20.3 Å². The van der Waals surface area contributed by atoms with E-state index in [0.717, 1.165) is 12.8 Å². The zero-order valence-corrected chi connectivity index (χ0v) is 18.1. The Balaban J connectivity index is 1.62. The largest absolute Gasteiger partial charge is 0.495 e. The number of carbonyl (C=O) groups excluding carboxylic acids is 3. The van der Waals surface area contributed by atoms with Gasteiger partial charge in [-0.2, -0.15) is 0 Å². The Labute approximate surface area is 177 Å². The second-order valence-electron chi connectivity index (χ2n) is 8.24. The van der Waals surface area contributed by atoms with Gasteiger partial charge in [0, 0.05) is 43.7 Å². The number of ether oxygens (including phenoxy) is 1. The van der Waals surface area contributed by atoms with E-state index in [1.165, 1.54) is 0 Å². The van der Waals surface area contributed by atoms with Crippen molar-refractivity contribution >= 4 is 29.2 Å². The lowest BCUT2D eigenvalue weighted by atomic mass is 9.96. The van der Waals surface area contributed by atoms with Crippen LogP contribution in [0.3, 0.4) is 0 Å². The van der Waals surface area contributed by atoms with Gasteiger partial charge in [0.25, 0.3) is 0 Å². The Bertz CT molecular complexity index is 787. The highest BCUT2D eigenvalue weighted by atomic mass is 16.5. The lowest BCUT2D eigenvalue weighted by Gasteiger charge is -2.32. The number of piperidine rings is 2. The van der Waals surface area contributed by atoms with Crippen LogP contribution in [0.1, 0.15) is 46.0 Å². The average molecular weight is 417 g/mol. The maximum atomic E-state index is 12.7. The predicted octanol–water partition coefficient (Wildman–Crippen LogP) is 2.98. The number of likely N-dealkylation sites (tertiary alicyclic amines) is 1. The Morgan fingerprint density at radius 1 is 1.13 bits per heavy atom. The van der Waals surface area contributed by atoms with Crippen molar-refractivity contribution in [3.63, 3.8) is 0 Å². The minimum Gasteiger partial charge on any atom is -0.495 e. The van der Waals surface area contributed by atoms with Crippen molar-refractivity contribution in [3.05, 3.63) is 18.2 Å². The molecule has 1 aromatic rings. The highest BCUT2D eigenvalue weighted by Gasteiger charge is 2.28. The first-order chi connectivity index (χ1) is 14.4. The molecule has 2 N–H and O–H groups in total. The molecule has 8 heteroatoms. The van der Waals surface area contributed by atoms with Crippen LogP contribution in [0, 0.1) is 5.92 Å². The van der Waals surface area contributed by atoms with Gasteiger partial charge < -0.3 is 25.2 Å². The maximum absolute atomic E-state index is 12.7. The van der Waals surface area contributed by atoms with Crippen molar-refractivity contribution < 1.29 is 19.1 Å². The topological polar surface area (TPSA) is 91.0 Å². The number of rotatable bonds is 5. The number of urea groups is 1. The molecule has 3 rings (SSSR count). The minimum atomic E-state index is -0.196. The number of benzene rings is 1. The van der Waals surface area contributed by atoms with E-state index in [9.17, 15) is 14.4 Å². The zero-order valence-electron chi connectivity index (χ0n) is 18.1. The first-order valence-corrected chi connectivity index (χ1v) is 10.7. The van der Waals surface area contributed by atoms with Gasteiger partial charge >= 0.3 is 6.03 Å². The van der Waals surface area contributed by atoms with Crippen molar-refractivity contribution in [2.45, 2.75) is 52.0 Å². The fourth-order valence-electron chi connectivity index (χ4n) is 3.99. The van der Waals surface area contributed by atoms with Crippen LogP contribution in [-0.2, 0) is 9.59 Å². The molecule has 0 bridgehead atoms. The van der Waals surface area contributed by atoms with E-state index in [1.54, 1.807) is 35.1 Å². The summed E-state index contributed by atoms with van der Waals surface area (Å²) in [7, 11) is 1.57. The number of nitrogens with zero attached hydrogens (tertiary/aromatic N) is 2. The van der Waals surface area contributed by atoms with Crippen LogP contribution in [0.5, 0.6) is 5.75 Å². The van der Waals surface area contributed by atoms with Gasteiger partial charge in [0.05, 0.1) is 12.8 Å². The van der Waals surface area contributed by atoms with Crippen molar-refractivity contribution in [2.24, 2.45) is 5.92 Å². The second-order valence-corrected chi connectivity index (χ2v) is 8.24. The van der Waals surface area contributed by atoms with E-state index in [0.29, 0.717) is 56.0 Å². The van der Waals surface area contributed by atoms with Gasteiger partial charge in [-0.3, -0.25) is 9.59 Å². The summed E-state index contributed by atoms with van der Waals surface area (Å²) in [4.78, 5) is 40.7. The molecule has 0 radical (unpaired) electrons. The molecule has 2 aliphatic rings. The molecule has 1 aromatic carbocycles. The van der Waals surface area contributed by atoms with Crippen LogP contribution in [0.15, 0.2) is 18.2 Å². The Kier molecular flexibility index (Phi) is 7.18. The van der Waals surface area contributed by atoms with Gasteiger partial charge in [-0.1, -0.05) is 0 Å². The lowest BCUT2D eigenvalue weighted by molar-refractivity contribution is -0.126. The molecule has 2 fully saturated rings. The lowest BCUT2D eigenvalue weighted by Crippen LogP contribution is -2.45. The molecule has 0 aromatic heterocycles. The van der Waals surface area contributed by atoms with Crippen molar-refractivity contribution in [1.82, 2.24) is 10.2 Å². The van der Waals surface area contributed by atoms with E-state index >= 15 is 0 Å². The number of methoxy groups -OCH3 is 1. The van der Waals surface area contributed by atoms with Crippen molar-refractivity contribution in [3.8, 4) is 5.75 Å². The number of nitrogens with one attached hydrogen (secondary N) is 2. The summed E-state index contributed by atoms with van der Waals surface area (Å²) in [5.41, 5.74) is 1.30. The average Bonchev–Trinajstić information content (AvgIpc) is 2.73. The number of hydrogen-bond donors (Lipinski definition) is 2.